The Morgan fingerprint density at radius 2 is 1.63 bits per heavy atom. The molecular formula is C44H44GeIrN2O-2. The molecule has 3 heterocycles. The van der Waals surface area contributed by atoms with E-state index in [1.165, 1.54) is 24.4 Å². The van der Waals surface area contributed by atoms with E-state index >= 15 is 0 Å². The minimum absolute atomic E-state index is 0. The number of hydrogen-bond acceptors (Lipinski definition) is 3. The van der Waals surface area contributed by atoms with Crippen molar-refractivity contribution in [3.8, 4) is 33.6 Å². The van der Waals surface area contributed by atoms with Crippen molar-refractivity contribution in [3.05, 3.63) is 138 Å². The van der Waals surface area contributed by atoms with E-state index < -0.39 is 38.8 Å². The summed E-state index contributed by atoms with van der Waals surface area (Å²) in [4.78, 5) is 8.94. The molecule has 0 aliphatic heterocycles. The summed E-state index contributed by atoms with van der Waals surface area (Å²) in [5, 5.41) is 1.12. The van der Waals surface area contributed by atoms with Gasteiger partial charge in [-0.25, -0.2) is 0 Å². The summed E-state index contributed by atoms with van der Waals surface area (Å²) in [6, 6.07) is 35.7. The van der Waals surface area contributed by atoms with E-state index in [1.807, 2.05) is 106 Å². The van der Waals surface area contributed by atoms with Crippen LogP contribution in [0.3, 0.4) is 0 Å². The van der Waals surface area contributed by atoms with Crippen LogP contribution in [-0.4, -0.2) is 23.2 Å². The molecule has 5 heteroatoms. The van der Waals surface area contributed by atoms with Crippen molar-refractivity contribution in [1.82, 2.24) is 9.97 Å². The van der Waals surface area contributed by atoms with Gasteiger partial charge < -0.3 is 9.40 Å². The molecule has 1 radical (unpaired) electrons. The van der Waals surface area contributed by atoms with Gasteiger partial charge in [-0.3, -0.25) is 0 Å². The van der Waals surface area contributed by atoms with Gasteiger partial charge in [-0.05, 0) is 35.8 Å². The van der Waals surface area contributed by atoms with Crippen LogP contribution in [0.25, 0.3) is 55.6 Å². The number of furan rings is 1. The summed E-state index contributed by atoms with van der Waals surface area (Å²) < 4.78 is 72.0. The van der Waals surface area contributed by atoms with Crippen molar-refractivity contribution in [2.45, 2.75) is 58.1 Å². The van der Waals surface area contributed by atoms with Gasteiger partial charge in [0, 0.05) is 39.9 Å². The van der Waals surface area contributed by atoms with E-state index in [4.69, 9.17) is 15.4 Å². The molecule has 0 fully saturated rings. The van der Waals surface area contributed by atoms with Gasteiger partial charge in [-0.1, -0.05) is 71.9 Å². The largest absolute Gasteiger partial charge is 0 e. The van der Waals surface area contributed by atoms with Gasteiger partial charge in [-0.2, -0.15) is 0 Å². The molecule has 7 rings (SSSR count). The maximum atomic E-state index is 8.76. The molecule has 0 unspecified atom stereocenters. The summed E-state index contributed by atoms with van der Waals surface area (Å²) in [5.41, 5.74) is 5.86. The maximum absolute atomic E-state index is 8.76. The third-order valence-corrected chi connectivity index (χ3v) is 12.1. The average molecular weight is 890 g/mol. The van der Waals surface area contributed by atoms with E-state index in [1.54, 1.807) is 0 Å². The third-order valence-electron chi connectivity index (χ3n) is 7.88. The normalized spacial score (nSPS) is 14.8. The molecule has 7 aromatic rings. The van der Waals surface area contributed by atoms with E-state index in [0.717, 1.165) is 32.3 Å². The first-order valence-corrected chi connectivity index (χ1v) is 23.3. The Bertz CT molecular complexity index is 2500. The number of benzene rings is 4. The van der Waals surface area contributed by atoms with Gasteiger partial charge >= 0.3 is 135 Å². The van der Waals surface area contributed by atoms with Crippen LogP contribution in [-0.2, 0) is 26.5 Å². The number of nitrogens with zero attached hydrogens (tertiary/aromatic N) is 2. The monoisotopic (exact) mass is 891 g/mol. The topological polar surface area (TPSA) is 38.9 Å². The SMILES string of the molecule is [2H]C([2H])([2H])c1ccnc(-c2[c-]cc(C([2H])([2H])[2H])c3c2oc2cc(-c4ccccc4)ccc23)c1.[2H]C([2H])(c1cc(-c2[c-]cccc2)nc[c]1[Ge]([CH3])([CH3])[CH3])C(C)(C)C.[Ir]. The Kier molecular flexibility index (Phi) is 8.24. The first-order valence-electron chi connectivity index (χ1n) is 20.0. The predicted molar refractivity (Wildman–Crippen MR) is 205 cm³/mol. The summed E-state index contributed by atoms with van der Waals surface area (Å²) in [7, 11) is 0. The van der Waals surface area contributed by atoms with Crippen LogP contribution >= 0.6 is 0 Å². The van der Waals surface area contributed by atoms with Gasteiger partial charge in [0.15, 0.2) is 0 Å². The number of rotatable bonds is 5. The van der Waals surface area contributed by atoms with Crippen molar-refractivity contribution in [2.24, 2.45) is 5.41 Å². The summed E-state index contributed by atoms with van der Waals surface area (Å²) in [6.07, 6.45) is 1.92. The zero-order valence-corrected chi connectivity index (χ0v) is 33.0. The van der Waals surface area contributed by atoms with Crippen LogP contribution in [0.1, 0.15) is 48.4 Å². The van der Waals surface area contributed by atoms with Crippen molar-refractivity contribution in [2.75, 3.05) is 0 Å². The molecular weight excluding hydrogens is 837 g/mol. The third kappa shape index (κ3) is 8.49. The van der Waals surface area contributed by atoms with Crippen LogP contribution in [0.15, 0.2) is 114 Å². The summed E-state index contributed by atoms with van der Waals surface area (Å²) in [5.74, 6) is 6.86. The standard InChI is InChI=1S/C25H18NO.C19H26GeN.Ir/c1-16-12-13-26-22(14-16)20-10-8-17(2)24-21-11-9-19(15-23(21)27-25(20)24)18-6-4-3-5-7-18;1-19(2,3)13-16-12-18(15-10-8-7-9-11-15)21-14-17(16)20(4,5)6;/h3-9,11-15H,1-2H3;7-10,12,14H,13H2,1-6H3;/q2*-1;/i1D3,2D3;13D2;. The Labute approximate surface area is 319 Å². The Morgan fingerprint density at radius 1 is 0.837 bits per heavy atom. The molecule has 251 valence electrons. The van der Waals surface area contributed by atoms with Gasteiger partial charge in [0.05, 0.1) is 5.58 Å². The van der Waals surface area contributed by atoms with E-state index in [9.17, 15) is 0 Å². The van der Waals surface area contributed by atoms with E-state index in [2.05, 4.69) is 39.4 Å². The van der Waals surface area contributed by atoms with Crippen LogP contribution < -0.4 is 4.40 Å². The molecule has 0 saturated heterocycles. The second-order valence-electron chi connectivity index (χ2n) is 13.9. The number of fused-ring (bicyclic) bond motifs is 3. The van der Waals surface area contributed by atoms with Crippen LogP contribution in [0.2, 0.25) is 17.3 Å². The number of pyridine rings is 2. The molecule has 0 bridgehead atoms. The minimum Gasteiger partial charge on any atom is 0 e. The second kappa shape index (κ2) is 15.0. The maximum Gasteiger partial charge on any atom is 0 e. The van der Waals surface area contributed by atoms with Crippen molar-refractivity contribution >= 4 is 39.6 Å². The number of aromatic nitrogens is 2. The van der Waals surface area contributed by atoms with Gasteiger partial charge in [-0.15, -0.1) is 17.7 Å². The first kappa shape index (κ1) is 27.0. The molecule has 0 atom stereocenters. The van der Waals surface area contributed by atoms with Crippen molar-refractivity contribution < 1.29 is 35.5 Å². The molecule has 0 spiro atoms. The van der Waals surface area contributed by atoms with Gasteiger partial charge in [0.2, 0.25) is 0 Å². The smallest absolute Gasteiger partial charge is 0 e. The average Bonchev–Trinajstić information content (AvgIpc) is 3.52. The Hall–Kier alpha value is -3.83. The molecule has 4 aromatic carbocycles. The first-order chi connectivity index (χ1) is 26.1. The summed E-state index contributed by atoms with van der Waals surface area (Å²) >= 11 is -2.24. The van der Waals surface area contributed by atoms with Crippen LogP contribution in [0.4, 0.5) is 0 Å². The predicted octanol–water partition coefficient (Wildman–Crippen LogP) is 11.4. The number of hydrogen-bond donors (Lipinski definition) is 0. The zero-order valence-electron chi connectivity index (χ0n) is 36.5. The quantitative estimate of drug-likeness (QED) is 0.128. The molecule has 0 aliphatic carbocycles. The van der Waals surface area contributed by atoms with E-state index in [-0.39, 0.29) is 31.2 Å². The van der Waals surface area contributed by atoms with Crippen LogP contribution in [0.5, 0.6) is 0 Å². The van der Waals surface area contributed by atoms with Crippen molar-refractivity contribution in [3.63, 3.8) is 0 Å². The summed E-state index contributed by atoms with van der Waals surface area (Å²) in [6.45, 7) is 1.20. The fourth-order valence-electron chi connectivity index (χ4n) is 5.65. The van der Waals surface area contributed by atoms with Crippen LogP contribution in [0, 0.1) is 31.3 Å². The Morgan fingerprint density at radius 3 is 2.33 bits per heavy atom. The molecule has 3 aromatic heterocycles. The van der Waals surface area contributed by atoms with E-state index in [0.29, 0.717) is 33.2 Å². The second-order valence-corrected chi connectivity index (χ2v) is 24.5. The fourth-order valence-corrected chi connectivity index (χ4v) is 8.58. The van der Waals surface area contributed by atoms with Gasteiger partial charge in [0.25, 0.3) is 0 Å². The molecule has 3 nitrogen and oxygen atoms in total. The molecule has 49 heavy (non-hydrogen) atoms. The molecule has 0 amide bonds. The minimum atomic E-state index is -2.38. The molecule has 0 saturated carbocycles. The zero-order chi connectivity index (χ0) is 40.8. The van der Waals surface area contributed by atoms with Crippen molar-refractivity contribution in [1.29, 1.82) is 0 Å². The molecule has 0 N–H and O–H groups in total. The number of aryl methyl sites for hydroxylation is 2. The Balaban J connectivity index is 0.000000229. The molecule has 0 aliphatic rings. The van der Waals surface area contributed by atoms with Gasteiger partial charge in [0.1, 0.15) is 5.58 Å². The fraction of sp³-hybridized carbons (Fsp3) is 0.227.